The van der Waals surface area contributed by atoms with Crippen LogP contribution in [0.15, 0.2) is 59.5 Å². The molecule has 2 aromatic heterocycles. The highest BCUT2D eigenvalue weighted by molar-refractivity contribution is 5.63. The summed E-state index contributed by atoms with van der Waals surface area (Å²) in [5, 5.41) is 4.48. The molecule has 0 saturated carbocycles. The van der Waals surface area contributed by atoms with Crippen molar-refractivity contribution < 1.29 is 9.47 Å². The summed E-state index contributed by atoms with van der Waals surface area (Å²) in [4.78, 5) is 16.4. The fourth-order valence-electron chi connectivity index (χ4n) is 2.68. The van der Waals surface area contributed by atoms with E-state index in [9.17, 15) is 4.79 Å². The molecule has 4 rings (SSSR count). The van der Waals surface area contributed by atoms with Gasteiger partial charge in [0.05, 0.1) is 31.1 Å². The third kappa shape index (κ3) is 3.38. The first kappa shape index (κ1) is 15.4. The van der Waals surface area contributed by atoms with Crippen LogP contribution in [0, 0.1) is 0 Å². The van der Waals surface area contributed by atoms with Crippen molar-refractivity contribution in [2.75, 3.05) is 13.2 Å². The Labute approximate surface area is 144 Å². The Kier molecular flexibility index (Phi) is 4.16. The van der Waals surface area contributed by atoms with E-state index in [0.29, 0.717) is 31.2 Å². The predicted octanol–water partition coefficient (Wildman–Crippen LogP) is 2.51. The molecular formula is C19H17N3O3. The predicted molar refractivity (Wildman–Crippen MR) is 92.9 cm³/mol. The van der Waals surface area contributed by atoms with Gasteiger partial charge in [-0.3, -0.25) is 9.78 Å². The van der Waals surface area contributed by atoms with E-state index in [1.165, 1.54) is 10.7 Å². The van der Waals surface area contributed by atoms with Gasteiger partial charge in [0.15, 0.2) is 11.5 Å². The zero-order valence-corrected chi connectivity index (χ0v) is 13.6. The lowest BCUT2D eigenvalue weighted by atomic mass is 10.1. The highest BCUT2D eigenvalue weighted by atomic mass is 16.5. The third-order valence-corrected chi connectivity index (χ3v) is 3.95. The molecule has 6 nitrogen and oxygen atoms in total. The number of ether oxygens (including phenoxy) is 2. The van der Waals surface area contributed by atoms with Crippen LogP contribution >= 0.6 is 0 Å². The summed E-state index contributed by atoms with van der Waals surface area (Å²) in [5.41, 5.74) is 2.20. The van der Waals surface area contributed by atoms with Crippen LogP contribution in [-0.2, 0) is 6.54 Å². The molecule has 0 bridgehead atoms. The van der Waals surface area contributed by atoms with E-state index < -0.39 is 0 Å². The topological polar surface area (TPSA) is 66.2 Å². The number of pyridine rings is 1. The van der Waals surface area contributed by atoms with E-state index in [-0.39, 0.29) is 5.56 Å². The quantitative estimate of drug-likeness (QED) is 0.736. The Morgan fingerprint density at radius 3 is 2.72 bits per heavy atom. The molecule has 0 unspecified atom stereocenters. The van der Waals surface area contributed by atoms with E-state index in [2.05, 4.69) is 10.1 Å². The maximum atomic E-state index is 12.1. The van der Waals surface area contributed by atoms with Crippen LogP contribution in [0.1, 0.15) is 12.1 Å². The molecule has 0 amide bonds. The minimum Gasteiger partial charge on any atom is -0.490 e. The van der Waals surface area contributed by atoms with Crippen molar-refractivity contribution in [2.24, 2.45) is 0 Å². The van der Waals surface area contributed by atoms with Crippen molar-refractivity contribution in [3.05, 3.63) is 70.8 Å². The summed E-state index contributed by atoms with van der Waals surface area (Å²) in [7, 11) is 0. The first-order valence-electron chi connectivity index (χ1n) is 8.18. The van der Waals surface area contributed by atoms with Gasteiger partial charge in [-0.25, -0.2) is 4.68 Å². The summed E-state index contributed by atoms with van der Waals surface area (Å²) >= 11 is 0. The van der Waals surface area contributed by atoms with E-state index in [4.69, 9.17) is 9.47 Å². The number of aromatic nitrogens is 3. The Hall–Kier alpha value is -3.15. The van der Waals surface area contributed by atoms with Crippen LogP contribution in [0.3, 0.4) is 0 Å². The minimum atomic E-state index is -0.163. The number of hydrogen-bond acceptors (Lipinski definition) is 5. The largest absolute Gasteiger partial charge is 0.490 e. The Bertz CT molecular complexity index is 938. The summed E-state index contributed by atoms with van der Waals surface area (Å²) in [6.45, 7) is 1.61. The molecule has 1 aliphatic rings. The second kappa shape index (κ2) is 6.76. The van der Waals surface area contributed by atoms with Gasteiger partial charge in [-0.15, -0.1) is 0 Å². The molecule has 6 heteroatoms. The molecular weight excluding hydrogens is 318 g/mol. The number of benzene rings is 1. The van der Waals surface area contributed by atoms with Crippen LogP contribution in [0.2, 0.25) is 0 Å². The van der Waals surface area contributed by atoms with Crippen molar-refractivity contribution in [2.45, 2.75) is 13.0 Å². The van der Waals surface area contributed by atoms with Crippen molar-refractivity contribution >= 4 is 0 Å². The first-order chi connectivity index (χ1) is 12.3. The van der Waals surface area contributed by atoms with Gasteiger partial charge in [0, 0.05) is 24.2 Å². The summed E-state index contributed by atoms with van der Waals surface area (Å²) in [6.07, 6.45) is 2.56. The van der Waals surface area contributed by atoms with E-state index in [0.717, 1.165) is 23.4 Å². The lowest BCUT2D eigenvalue weighted by Crippen LogP contribution is -2.23. The zero-order valence-electron chi connectivity index (χ0n) is 13.6. The SMILES string of the molecule is O=c1ccc(-c2ccc3c(c2)OCCCO3)nn1Cc1ccccn1. The molecule has 0 spiro atoms. The van der Waals surface area contributed by atoms with Gasteiger partial charge in [0.2, 0.25) is 0 Å². The van der Waals surface area contributed by atoms with Crippen LogP contribution in [0.25, 0.3) is 11.3 Å². The molecule has 126 valence electrons. The van der Waals surface area contributed by atoms with Gasteiger partial charge in [-0.1, -0.05) is 6.07 Å². The molecule has 3 aromatic rings. The van der Waals surface area contributed by atoms with Gasteiger partial charge in [0.1, 0.15) is 0 Å². The monoisotopic (exact) mass is 335 g/mol. The summed E-state index contributed by atoms with van der Waals surface area (Å²) in [5.74, 6) is 1.45. The normalized spacial score (nSPS) is 13.3. The molecule has 1 aliphatic heterocycles. The number of nitrogens with zero attached hydrogens (tertiary/aromatic N) is 3. The summed E-state index contributed by atoms with van der Waals surface area (Å²) < 4.78 is 12.8. The van der Waals surface area contributed by atoms with E-state index in [1.54, 1.807) is 12.3 Å². The molecule has 0 fully saturated rings. The Morgan fingerprint density at radius 1 is 1.00 bits per heavy atom. The molecule has 1 aromatic carbocycles. The fourth-order valence-corrected chi connectivity index (χ4v) is 2.68. The summed E-state index contributed by atoms with van der Waals surface area (Å²) in [6, 6.07) is 14.5. The van der Waals surface area contributed by atoms with Crippen molar-refractivity contribution in [3.8, 4) is 22.8 Å². The maximum absolute atomic E-state index is 12.1. The Balaban J connectivity index is 1.68. The first-order valence-corrected chi connectivity index (χ1v) is 8.18. The van der Waals surface area contributed by atoms with Crippen molar-refractivity contribution in [1.29, 1.82) is 0 Å². The van der Waals surface area contributed by atoms with Gasteiger partial charge in [0.25, 0.3) is 5.56 Å². The third-order valence-electron chi connectivity index (χ3n) is 3.95. The molecule has 0 saturated heterocycles. The Morgan fingerprint density at radius 2 is 1.88 bits per heavy atom. The average Bonchev–Trinajstić information content (AvgIpc) is 2.89. The second-order valence-corrected chi connectivity index (χ2v) is 5.75. The highest BCUT2D eigenvalue weighted by Gasteiger charge is 2.12. The highest BCUT2D eigenvalue weighted by Crippen LogP contribution is 2.33. The lowest BCUT2D eigenvalue weighted by Gasteiger charge is -2.10. The van der Waals surface area contributed by atoms with E-state index >= 15 is 0 Å². The van der Waals surface area contributed by atoms with Crippen LogP contribution < -0.4 is 15.0 Å². The van der Waals surface area contributed by atoms with Crippen molar-refractivity contribution in [1.82, 2.24) is 14.8 Å². The number of hydrogen-bond donors (Lipinski definition) is 0. The van der Waals surface area contributed by atoms with Gasteiger partial charge in [-0.05, 0) is 36.4 Å². The van der Waals surface area contributed by atoms with Crippen molar-refractivity contribution in [3.63, 3.8) is 0 Å². The van der Waals surface area contributed by atoms with Crippen LogP contribution in [0.5, 0.6) is 11.5 Å². The lowest BCUT2D eigenvalue weighted by molar-refractivity contribution is 0.297. The molecule has 0 radical (unpaired) electrons. The smallest absolute Gasteiger partial charge is 0.267 e. The minimum absolute atomic E-state index is 0.163. The van der Waals surface area contributed by atoms with Crippen LogP contribution in [0.4, 0.5) is 0 Å². The number of fused-ring (bicyclic) bond motifs is 1. The van der Waals surface area contributed by atoms with Crippen LogP contribution in [-0.4, -0.2) is 28.0 Å². The van der Waals surface area contributed by atoms with E-state index in [1.807, 2.05) is 36.4 Å². The molecule has 3 heterocycles. The number of rotatable bonds is 3. The van der Waals surface area contributed by atoms with Gasteiger partial charge < -0.3 is 9.47 Å². The molecule has 0 N–H and O–H groups in total. The standard InChI is InChI=1S/C19H17N3O3/c23-19-8-6-16(21-22(19)13-15-4-1-2-9-20-15)14-5-7-17-18(12-14)25-11-3-10-24-17/h1-2,4-9,12H,3,10-11,13H2. The van der Waals surface area contributed by atoms with Gasteiger partial charge in [-0.2, -0.15) is 5.10 Å². The van der Waals surface area contributed by atoms with Gasteiger partial charge >= 0.3 is 0 Å². The fraction of sp³-hybridized carbons (Fsp3) is 0.211. The molecule has 25 heavy (non-hydrogen) atoms. The average molecular weight is 335 g/mol. The molecule has 0 aliphatic carbocycles. The zero-order chi connectivity index (χ0) is 17.1. The molecule has 0 atom stereocenters. The second-order valence-electron chi connectivity index (χ2n) is 5.75. The maximum Gasteiger partial charge on any atom is 0.267 e.